The Morgan fingerprint density at radius 3 is 2.68 bits per heavy atom. The molecule has 0 bridgehead atoms. The average molecular weight is 257 g/mol. The van der Waals surface area contributed by atoms with E-state index >= 15 is 0 Å². The number of nitrogen functional groups attached to an aromatic ring is 1. The SMILES string of the molecule is C=C1CN(CCN2CCCCC2)c2cc(N)ccc21. The molecule has 2 N–H and O–H groups in total. The maximum absolute atomic E-state index is 5.91. The van der Waals surface area contributed by atoms with Gasteiger partial charge in [0.2, 0.25) is 0 Å². The van der Waals surface area contributed by atoms with Gasteiger partial charge in [-0.25, -0.2) is 0 Å². The Balaban J connectivity index is 1.66. The molecule has 3 rings (SSSR count). The molecule has 0 amide bonds. The molecular formula is C16H23N3. The van der Waals surface area contributed by atoms with E-state index in [0.29, 0.717) is 0 Å². The summed E-state index contributed by atoms with van der Waals surface area (Å²) in [7, 11) is 0. The van der Waals surface area contributed by atoms with Gasteiger partial charge < -0.3 is 15.5 Å². The predicted octanol–water partition coefficient (Wildman–Crippen LogP) is 2.59. The minimum atomic E-state index is 0.844. The summed E-state index contributed by atoms with van der Waals surface area (Å²) in [6.45, 7) is 9.88. The lowest BCUT2D eigenvalue weighted by atomic mass is 10.1. The van der Waals surface area contributed by atoms with E-state index in [0.717, 1.165) is 25.3 Å². The molecule has 19 heavy (non-hydrogen) atoms. The molecule has 1 aromatic rings. The first kappa shape index (κ1) is 12.5. The van der Waals surface area contributed by atoms with Crippen molar-refractivity contribution in [2.45, 2.75) is 19.3 Å². The standard InChI is InChI=1S/C16H23N3/c1-13-12-19(10-9-18-7-3-2-4-8-18)16-11-14(17)5-6-15(13)16/h5-6,11H,1-4,7-10,12,17H2. The molecule has 102 valence electrons. The Labute approximate surface area is 115 Å². The predicted molar refractivity (Wildman–Crippen MR) is 82.4 cm³/mol. The van der Waals surface area contributed by atoms with E-state index in [1.807, 2.05) is 6.07 Å². The molecule has 2 heterocycles. The van der Waals surface area contributed by atoms with Gasteiger partial charge in [0.05, 0.1) is 0 Å². The van der Waals surface area contributed by atoms with E-state index in [-0.39, 0.29) is 0 Å². The van der Waals surface area contributed by atoms with Crippen LogP contribution in [0.3, 0.4) is 0 Å². The first-order chi connectivity index (χ1) is 9.24. The van der Waals surface area contributed by atoms with Crippen molar-refractivity contribution in [1.29, 1.82) is 0 Å². The van der Waals surface area contributed by atoms with Crippen LogP contribution in [0.4, 0.5) is 11.4 Å². The first-order valence-electron chi connectivity index (χ1n) is 7.29. The van der Waals surface area contributed by atoms with Crippen molar-refractivity contribution in [2.24, 2.45) is 0 Å². The van der Waals surface area contributed by atoms with E-state index in [1.165, 1.54) is 49.2 Å². The van der Waals surface area contributed by atoms with Crippen molar-refractivity contribution < 1.29 is 0 Å². The molecule has 0 unspecified atom stereocenters. The summed E-state index contributed by atoms with van der Waals surface area (Å²) in [6, 6.07) is 6.16. The smallest absolute Gasteiger partial charge is 0.0467 e. The zero-order chi connectivity index (χ0) is 13.2. The number of rotatable bonds is 3. The van der Waals surface area contributed by atoms with Gasteiger partial charge in [0.1, 0.15) is 0 Å². The fourth-order valence-corrected chi connectivity index (χ4v) is 3.15. The number of hydrogen-bond acceptors (Lipinski definition) is 3. The fraction of sp³-hybridized carbons (Fsp3) is 0.500. The van der Waals surface area contributed by atoms with Crippen LogP contribution in [0.5, 0.6) is 0 Å². The van der Waals surface area contributed by atoms with Gasteiger partial charge in [-0.1, -0.05) is 19.1 Å². The quantitative estimate of drug-likeness (QED) is 0.845. The zero-order valence-corrected chi connectivity index (χ0v) is 11.6. The Morgan fingerprint density at radius 2 is 1.89 bits per heavy atom. The molecule has 0 radical (unpaired) electrons. The second kappa shape index (κ2) is 5.25. The maximum Gasteiger partial charge on any atom is 0.0467 e. The van der Waals surface area contributed by atoms with Gasteiger partial charge in [0.25, 0.3) is 0 Å². The molecule has 2 aliphatic heterocycles. The highest BCUT2D eigenvalue weighted by Gasteiger charge is 2.22. The third-order valence-electron chi connectivity index (χ3n) is 4.26. The topological polar surface area (TPSA) is 32.5 Å². The molecule has 1 aromatic carbocycles. The Hall–Kier alpha value is -1.48. The minimum absolute atomic E-state index is 0.844. The average Bonchev–Trinajstić information content (AvgIpc) is 2.74. The van der Waals surface area contributed by atoms with Gasteiger partial charge in [0, 0.05) is 36.6 Å². The third kappa shape index (κ3) is 2.61. The molecule has 0 spiro atoms. The summed E-state index contributed by atoms with van der Waals surface area (Å²) in [5.41, 5.74) is 10.5. The zero-order valence-electron chi connectivity index (χ0n) is 11.6. The number of piperidine rings is 1. The van der Waals surface area contributed by atoms with Gasteiger partial charge >= 0.3 is 0 Å². The lowest BCUT2D eigenvalue weighted by molar-refractivity contribution is 0.234. The highest BCUT2D eigenvalue weighted by Crippen LogP contribution is 2.35. The minimum Gasteiger partial charge on any atom is -0.399 e. The lowest BCUT2D eigenvalue weighted by Crippen LogP contribution is -2.37. The number of nitrogens with two attached hydrogens (primary N) is 1. The number of benzene rings is 1. The highest BCUT2D eigenvalue weighted by atomic mass is 15.2. The summed E-state index contributed by atoms with van der Waals surface area (Å²) in [4.78, 5) is 5.00. The Bertz CT molecular complexity index is 475. The van der Waals surface area contributed by atoms with E-state index in [4.69, 9.17) is 5.73 Å². The van der Waals surface area contributed by atoms with Crippen LogP contribution in [0.25, 0.3) is 5.57 Å². The van der Waals surface area contributed by atoms with Crippen molar-refractivity contribution in [1.82, 2.24) is 4.90 Å². The van der Waals surface area contributed by atoms with Crippen molar-refractivity contribution in [3.8, 4) is 0 Å². The second-order valence-corrected chi connectivity index (χ2v) is 5.70. The van der Waals surface area contributed by atoms with Crippen LogP contribution in [0.15, 0.2) is 24.8 Å². The molecule has 2 aliphatic rings. The summed E-state index contributed by atoms with van der Waals surface area (Å²) >= 11 is 0. The summed E-state index contributed by atoms with van der Waals surface area (Å²) in [5, 5.41) is 0. The number of anilines is 2. The molecule has 3 heteroatoms. The summed E-state index contributed by atoms with van der Waals surface area (Å²) < 4.78 is 0. The molecule has 1 saturated heterocycles. The molecule has 0 atom stereocenters. The van der Waals surface area contributed by atoms with E-state index in [9.17, 15) is 0 Å². The maximum atomic E-state index is 5.91. The van der Waals surface area contributed by atoms with Crippen molar-refractivity contribution in [3.63, 3.8) is 0 Å². The monoisotopic (exact) mass is 257 g/mol. The number of hydrogen-bond donors (Lipinski definition) is 1. The molecule has 0 saturated carbocycles. The normalized spacial score (nSPS) is 19.8. The molecular weight excluding hydrogens is 234 g/mol. The van der Waals surface area contributed by atoms with Crippen LogP contribution in [0.1, 0.15) is 24.8 Å². The van der Waals surface area contributed by atoms with E-state index < -0.39 is 0 Å². The van der Waals surface area contributed by atoms with Crippen LogP contribution in [0, 0.1) is 0 Å². The van der Waals surface area contributed by atoms with Gasteiger partial charge in [-0.05, 0) is 43.6 Å². The van der Waals surface area contributed by atoms with Gasteiger partial charge in [-0.15, -0.1) is 0 Å². The van der Waals surface area contributed by atoms with Gasteiger partial charge in [0.15, 0.2) is 0 Å². The van der Waals surface area contributed by atoms with Crippen LogP contribution >= 0.6 is 0 Å². The number of nitrogens with zero attached hydrogens (tertiary/aromatic N) is 2. The van der Waals surface area contributed by atoms with Gasteiger partial charge in [-0.2, -0.15) is 0 Å². The van der Waals surface area contributed by atoms with Gasteiger partial charge in [-0.3, -0.25) is 0 Å². The fourth-order valence-electron chi connectivity index (χ4n) is 3.15. The summed E-state index contributed by atoms with van der Waals surface area (Å²) in [6.07, 6.45) is 4.11. The van der Waals surface area contributed by atoms with Crippen LogP contribution in [0.2, 0.25) is 0 Å². The first-order valence-corrected chi connectivity index (χ1v) is 7.29. The van der Waals surface area contributed by atoms with Crippen molar-refractivity contribution in [2.75, 3.05) is 43.4 Å². The van der Waals surface area contributed by atoms with Crippen LogP contribution in [-0.2, 0) is 0 Å². The highest BCUT2D eigenvalue weighted by molar-refractivity contribution is 5.85. The number of fused-ring (bicyclic) bond motifs is 1. The van der Waals surface area contributed by atoms with Crippen LogP contribution < -0.4 is 10.6 Å². The van der Waals surface area contributed by atoms with Crippen LogP contribution in [-0.4, -0.2) is 37.6 Å². The second-order valence-electron chi connectivity index (χ2n) is 5.70. The summed E-state index contributed by atoms with van der Waals surface area (Å²) in [5.74, 6) is 0. The van der Waals surface area contributed by atoms with Crippen molar-refractivity contribution in [3.05, 3.63) is 30.3 Å². The van der Waals surface area contributed by atoms with Crippen molar-refractivity contribution >= 4 is 16.9 Å². The molecule has 0 aliphatic carbocycles. The third-order valence-corrected chi connectivity index (χ3v) is 4.26. The molecule has 1 fully saturated rings. The number of likely N-dealkylation sites (tertiary alicyclic amines) is 1. The largest absolute Gasteiger partial charge is 0.399 e. The Kier molecular flexibility index (Phi) is 3.47. The van der Waals surface area contributed by atoms with E-state index in [1.54, 1.807) is 0 Å². The van der Waals surface area contributed by atoms with E-state index in [2.05, 4.69) is 28.5 Å². The lowest BCUT2D eigenvalue weighted by Gasteiger charge is -2.29. The molecule has 0 aromatic heterocycles. The molecule has 3 nitrogen and oxygen atoms in total. The Morgan fingerprint density at radius 1 is 1.11 bits per heavy atom.